The predicted octanol–water partition coefficient (Wildman–Crippen LogP) is 3.07. The second-order valence-corrected chi connectivity index (χ2v) is 5.92. The number of hydrogen-bond acceptors (Lipinski definition) is 4. The van der Waals surface area contributed by atoms with Gasteiger partial charge in [-0.15, -0.1) is 0 Å². The van der Waals surface area contributed by atoms with E-state index in [1.165, 1.54) is 0 Å². The number of aliphatic carboxylic acids is 1. The number of amides is 1. The summed E-state index contributed by atoms with van der Waals surface area (Å²) >= 11 is 5.95. The first-order valence-electron chi connectivity index (χ1n) is 7.30. The van der Waals surface area contributed by atoms with Crippen molar-refractivity contribution in [3.05, 3.63) is 41.1 Å². The van der Waals surface area contributed by atoms with Gasteiger partial charge in [-0.1, -0.05) is 28.9 Å². The minimum absolute atomic E-state index is 0.0545. The van der Waals surface area contributed by atoms with Crippen LogP contribution in [0.4, 0.5) is 0 Å². The summed E-state index contributed by atoms with van der Waals surface area (Å²) in [6, 6.07) is 8.36. The standard InChI is InChI=1S/C16H15ClN2O4/c17-11-4-1-3-10(7-11)13-9-14(23-18-13)16(22)19-6-2-5-12(19)8-15(20)21/h1,3-4,7,9,12H,2,5-6,8H2,(H,20,21). The Kier molecular flexibility index (Phi) is 4.34. The van der Waals surface area contributed by atoms with Crippen molar-refractivity contribution in [1.82, 2.24) is 10.1 Å². The lowest BCUT2D eigenvalue weighted by Crippen LogP contribution is -2.36. The van der Waals surface area contributed by atoms with E-state index in [0.717, 1.165) is 12.0 Å². The zero-order chi connectivity index (χ0) is 16.4. The summed E-state index contributed by atoms with van der Waals surface area (Å²) < 4.78 is 5.15. The molecule has 0 radical (unpaired) electrons. The molecule has 1 aliphatic heterocycles. The van der Waals surface area contributed by atoms with Crippen LogP contribution in [0.3, 0.4) is 0 Å². The van der Waals surface area contributed by atoms with Crippen LogP contribution in [-0.2, 0) is 4.79 Å². The van der Waals surface area contributed by atoms with Gasteiger partial charge >= 0.3 is 5.97 Å². The Morgan fingerprint density at radius 1 is 1.39 bits per heavy atom. The van der Waals surface area contributed by atoms with Gasteiger partial charge in [-0.3, -0.25) is 9.59 Å². The highest BCUT2D eigenvalue weighted by atomic mass is 35.5. The van der Waals surface area contributed by atoms with Gasteiger partial charge in [0.05, 0.1) is 6.42 Å². The van der Waals surface area contributed by atoms with Gasteiger partial charge in [-0.05, 0) is 25.0 Å². The lowest BCUT2D eigenvalue weighted by molar-refractivity contribution is -0.137. The molecule has 3 rings (SSSR count). The van der Waals surface area contributed by atoms with Crippen LogP contribution < -0.4 is 0 Å². The first kappa shape index (κ1) is 15.6. The summed E-state index contributed by atoms with van der Waals surface area (Å²) in [5, 5.41) is 13.4. The molecule has 0 aliphatic carbocycles. The SMILES string of the molecule is O=C(O)CC1CCCN1C(=O)c1cc(-c2cccc(Cl)c2)no1. The van der Waals surface area contributed by atoms with Crippen LogP contribution in [0.1, 0.15) is 29.8 Å². The maximum Gasteiger partial charge on any atom is 0.305 e. The number of nitrogens with zero attached hydrogens (tertiary/aromatic N) is 2. The lowest BCUT2D eigenvalue weighted by Gasteiger charge is -2.21. The lowest BCUT2D eigenvalue weighted by atomic mass is 10.1. The van der Waals surface area contributed by atoms with E-state index >= 15 is 0 Å². The second kappa shape index (κ2) is 6.42. The number of benzene rings is 1. The molecule has 1 fully saturated rings. The van der Waals surface area contributed by atoms with Crippen molar-refractivity contribution in [3.63, 3.8) is 0 Å². The van der Waals surface area contributed by atoms with Crippen molar-refractivity contribution in [2.75, 3.05) is 6.54 Å². The number of carbonyl (C=O) groups is 2. The molecule has 0 saturated carbocycles. The number of carbonyl (C=O) groups excluding carboxylic acids is 1. The average Bonchev–Trinajstić information content (AvgIpc) is 3.15. The van der Waals surface area contributed by atoms with Crippen molar-refractivity contribution in [1.29, 1.82) is 0 Å². The molecule has 1 amide bonds. The zero-order valence-electron chi connectivity index (χ0n) is 12.2. The van der Waals surface area contributed by atoms with E-state index in [1.807, 2.05) is 6.07 Å². The molecule has 1 unspecified atom stereocenters. The molecule has 0 spiro atoms. The minimum Gasteiger partial charge on any atom is -0.481 e. The van der Waals surface area contributed by atoms with Crippen molar-refractivity contribution < 1.29 is 19.2 Å². The van der Waals surface area contributed by atoms with Crippen molar-refractivity contribution in [2.24, 2.45) is 0 Å². The zero-order valence-corrected chi connectivity index (χ0v) is 13.0. The fraction of sp³-hybridized carbons (Fsp3) is 0.312. The Bertz CT molecular complexity index is 743. The molecule has 7 heteroatoms. The minimum atomic E-state index is -0.910. The van der Waals surface area contributed by atoms with Crippen LogP contribution in [0.5, 0.6) is 0 Å². The number of likely N-dealkylation sites (tertiary alicyclic amines) is 1. The molecule has 2 heterocycles. The summed E-state index contributed by atoms with van der Waals surface area (Å²) in [5.41, 5.74) is 1.27. The first-order chi connectivity index (χ1) is 11.0. The Morgan fingerprint density at radius 2 is 2.22 bits per heavy atom. The Morgan fingerprint density at radius 3 is 2.96 bits per heavy atom. The highest BCUT2D eigenvalue weighted by Gasteiger charge is 2.32. The number of aromatic nitrogens is 1. The van der Waals surface area contributed by atoms with Gasteiger partial charge in [0.15, 0.2) is 0 Å². The second-order valence-electron chi connectivity index (χ2n) is 5.48. The van der Waals surface area contributed by atoms with Gasteiger partial charge in [0.2, 0.25) is 5.76 Å². The van der Waals surface area contributed by atoms with E-state index in [-0.39, 0.29) is 24.1 Å². The van der Waals surface area contributed by atoms with Gasteiger partial charge < -0.3 is 14.5 Å². The molecular formula is C16H15ClN2O4. The van der Waals surface area contributed by atoms with Crippen molar-refractivity contribution >= 4 is 23.5 Å². The molecule has 1 aromatic heterocycles. The Balaban J connectivity index is 1.79. The highest BCUT2D eigenvalue weighted by molar-refractivity contribution is 6.30. The van der Waals surface area contributed by atoms with Crippen LogP contribution in [0, 0.1) is 0 Å². The summed E-state index contributed by atoms with van der Waals surface area (Å²) in [7, 11) is 0. The van der Waals surface area contributed by atoms with Crippen molar-refractivity contribution in [3.8, 4) is 11.3 Å². The molecule has 1 atom stereocenters. The van der Waals surface area contributed by atoms with E-state index in [4.69, 9.17) is 21.2 Å². The van der Waals surface area contributed by atoms with Crippen LogP contribution in [0.25, 0.3) is 11.3 Å². The third kappa shape index (κ3) is 3.37. The molecule has 1 aromatic carbocycles. The third-order valence-electron chi connectivity index (χ3n) is 3.89. The summed E-state index contributed by atoms with van der Waals surface area (Å²) in [4.78, 5) is 25.0. The fourth-order valence-corrected chi connectivity index (χ4v) is 3.01. The molecule has 1 N–H and O–H groups in total. The molecule has 0 bridgehead atoms. The van der Waals surface area contributed by atoms with E-state index in [2.05, 4.69) is 5.16 Å². The third-order valence-corrected chi connectivity index (χ3v) is 4.12. The normalized spacial score (nSPS) is 17.4. The van der Waals surface area contributed by atoms with Crippen LogP contribution >= 0.6 is 11.6 Å². The average molecular weight is 335 g/mol. The van der Waals surface area contributed by atoms with Gasteiger partial charge in [-0.2, -0.15) is 0 Å². The van der Waals surface area contributed by atoms with Crippen molar-refractivity contribution in [2.45, 2.75) is 25.3 Å². The summed E-state index contributed by atoms with van der Waals surface area (Å²) in [6.07, 6.45) is 1.42. The van der Waals surface area contributed by atoms with E-state index in [1.54, 1.807) is 29.2 Å². The number of carboxylic acids is 1. The number of hydrogen-bond donors (Lipinski definition) is 1. The fourth-order valence-electron chi connectivity index (χ4n) is 2.82. The summed E-state index contributed by atoms with van der Waals surface area (Å²) in [5.74, 6) is -1.13. The molecular weight excluding hydrogens is 320 g/mol. The molecule has 1 saturated heterocycles. The first-order valence-corrected chi connectivity index (χ1v) is 7.68. The van der Waals surface area contributed by atoms with Gasteiger partial charge in [0.25, 0.3) is 5.91 Å². The number of halogens is 1. The van der Waals surface area contributed by atoms with Gasteiger partial charge in [-0.25, -0.2) is 0 Å². The molecule has 1 aliphatic rings. The van der Waals surface area contributed by atoms with E-state index < -0.39 is 5.97 Å². The Hall–Kier alpha value is -2.34. The van der Waals surface area contributed by atoms with Gasteiger partial charge in [0.1, 0.15) is 5.69 Å². The predicted molar refractivity (Wildman–Crippen MR) is 83.3 cm³/mol. The highest BCUT2D eigenvalue weighted by Crippen LogP contribution is 2.26. The number of carboxylic acid groups (broad SMARTS) is 1. The van der Waals surface area contributed by atoms with Crippen LogP contribution in [0.2, 0.25) is 5.02 Å². The maximum atomic E-state index is 12.5. The Labute approximate surface area is 137 Å². The smallest absolute Gasteiger partial charge is 0.305 e. The van der Waals surface area contributed by atoms with E-state index in [9.17, 15) is 9.59 Å². The van der Waals surface area contributed by atoms with Gasteiger partial charge in [0, 0.05) is 29.2 Å². The van der Waals surface area contributed by atoms with Crippen LogP contribution in [-0.4, -0.2) is 39.6 Å². The largest absolute Gasteiger partial charge is 0.481 e. The van der Waals surface area contributed by atoms with E-state index in [0.29, 0.717) is 23.7 Å². The topological polar surface area (TPSA) is 83.6 Å². The molecule has 120 valence electrons. The summed E-state index contributed by atoms with van der Waals surface area (Å²) in [6.45, 7) is 0.532. The molecule has 23 heavy (non-hydrogen) atoms. The molecule has 6 nitrogen and oxygen atoms in total. The number of rotatable bonds is 4. The molecule has 2 aromatic rings. The monoisotopic (exact) mass is 334 g/mol. The maximum absolute atomic E-state index is 12.5. The quantitative estimate of drug-likeness (QED) is 0.929. The van der Waals surface area contributed by atoms with Crippen LogP contribution in [0.15, 0.2) is 34.9 Å².